The maximum atomic E-state index is 12.2. The average Bonchev–Trinajstić information content (AvgIpc) is 3.02. The summed E-state index contributed by atoms with van der Waals surface area (Å²) in [5.41, 5.74) is 0.453. The summed E-state index contributed by atoms with van der Waals surface area (Å²) in [6.07, 6.45) is 2.54. The van der Waals surface area contributed by atoms with Gasteiger partial charge in [-0.2, -0.15) is 5.10 Å². The predicted molar refractivity (Wildman–Crippen MR) is 92.3 cm³/mol. The summed E-state index contributed by atoms with van der Waals surface area (Å²) in [7, 11) is 0. The Balaban J connectivity index is 1.80. The quantitative estimate of drug-likeness (QED) is 0.705. The molecule has 1 aromatic heterocycles. The second-order valence-corrected chi connectivity index (χ2v) is 5.91. The molecule has 0 unspecified atom stereocenters. The summed E-state index contributed by atoms with van der Waals surface area (Å²) in [6, 6.07) is 8.67. The van der Waals surface area contributed by atoms with E-state index >= 15 is 0 Å². The summed E-state index contributed by atoms with van der Waals surface area (Å²) in [5, 5.41) is 7.61. The molecule has 1 N–H and O–H groups in total. The first kappa shape index (κ1) is 18.3. The zero-order valence-electron chi connectivity index (χ0n) is 13.9. The number of carbonyl (C=O) groups excluding carboxylic acids is 1. The number of ether oxygens (including phenoxy) is 2. The molecule has 0 aliphatic carbocycles. The third kappa shape index (κ3) is 5.86. The highest BCUT2D eigenvalue weighted by molar-refractivity contribution is 6.30. The maximum Gasteiger partial charge on any atom is 0.269 e. The van der Waals surface area contributed by atoms with Gasteiger partial charge in [-0.3, -0.25) is 4.79 Å². The molecule has 0 atom stereocenters. The number of rotatable bonds is 9. The molecule has 2 rings (SSSR count). The van der Waals surface area contributed by atoms with Crippen LogP contribution in [-0.4, -0.2) is 34.9 Å². The van der Waals surface area contributed by atoms with Crippen molar-refractivity contribution in [2.24, 2.45) is 0 Å². The normalized spacial score (nSPS) is 10.8. The van der Waals surface area contributed by atoms with Crippen molar-refractivity contribution in [2.45, 2.75) is 33.1 Å². The van der Waals surface area contributed by atoms with Crippen molar-refractivity contribution in [1.82, 2.24) is 15.1 Å². The van der Waals surface area contributed by atoms with E-state index in [1.807, 2.05) is 13.8 Å². The summed E-state index contributed by atoms with van der Waals surface area (Å²) in [4.78, 5) is 12.2. The lowest BCUT2D eigenvalue weighted by Gasteiger charge is -2.11. The molecule has 1 aromatic carbocycles. The van der Waals surface area contributed by atoms with Crippen molar-refractivity contribution in [3.8, 4) is 5.75 Å². The summed E-state index contributed by atoms with van der Waals surface area (Å²) >= 11 is 5.83. The number of amides is 1. The monoisotopic (exact) mass is 351 g/mol. The average molecular weight is 352 g/mol. The Morgan fingerprint density at radius 3 is 2.75 bits per heavy atom. The van der Waals surface area contributed by atoms with Gasteiger partial charge in [0.2, 0.25) is 0 Å². The Kier molecular flexibility index (Phi) is 7.08. The zero-order chi connectivity index (χ0) is 17.4. The zero-order valence-corrected chi connectivity index (χ0v) is 14.6. The van der Waals surface area contributed by atoms with Crippen LogP contribution >= 0.6 is 11.6 Å². The molecule has 24 heavy (non-hydrogen) atoms. The van der Waals surface area contributed by atoms with Crippen LogP contribution in [-0.2, 0) is 11.5 Å². The number of benzene rings is 1. The van der Waals surface area contributed by atoms with E-state index in [0.717, 1.165) is 6.42 Å². The molecule has 0 aliphatic rings. The van der Waals surface area contributed by atoms with Gasteiger partial charge in [0.1, 0.15) is 11.4 Å². The Labute approximate surface area is 146 Å². The van der Waals surface area contributed by atoms with Crippen LogP contribution in [0, 0.1) is 0 Å². The minimum atomic E-state index is -0.184. The van der Waals surface area contributed by atoms with Gasteiger partial charge >= 0.3 is 0 Å². The third-order valence-corrected chi connectivity index (χ3v) is 3.43. The molecule has 0 fully saturated rings. The van der Waals surface area contributed by atoms with Crippen molar-refractivity contribution in [3.05, 3.63) is 47.2 Å². The van der Waals surface area contributed by atoms with Gasteiger partial charge in [0.15, 0.2) is 6.73 Å². The molecule has 0 saturated carbocycles. The summed E-state index contributed by atoms with van der Waals surface area (Å²) < 4.78 is 12.6. The first-order valence-electron chi connectivity index (χ1n) is 7.86. The number of hydrogen-bond donors (Lipinski definition) is 1. The van der Waals surface area contributed by atoms with E-state index in [-0.39, 0.29) is 18.7 Å². The van der Waals surface area contributed by atoms with Gasteiger partial charge in [0.05, 0.1) is 6.10 Å². The number of nitrogens with zero attached hydrogens (tertiary/aromatic N) is 2. The van der Waals surface area contributed by atoms with Crippen molar-refractivity contribution < 1.29 is 14.3 Å². The van der Waals surface area contributed by atoms with Crippen LogP contribution in [0.25, 0.3) is 0 Å². The number of carbonyl (C=O) groups is 1. The van der Waals surface area contributed by atoms with Gasteiger partial charge in [-0.15, -0.1) is 0 Å². The van der Waals surface area contributed by atoms with Crippen LogP contribution in [0.5, 0.6) is 5.75 Å². The highest BCUT2D eigenvalue weighted by atomic mass is 35.5. The molecule has 0 aliphatic heterocycles. The van der Waals surface area contributed by atoms with Crippen LogP contribution < -0.4 is 10.1 Å². The van der Waals surface area contributed by atoms with Crippen molar-refractivity contribution in [2.75, 3.05) is 13.2 Å². The number of halogens is 1. The standard InChI is InChI=1S/C17H22ClN3O3/c1-13(2)23-11-3-9-19-17(22)16-8-10-20-21(16)12-24-15-6-4-14(18)5-7-15/h4-8,10,13H,3,9,11-12H2,1-2H3,(H,19,22). The van der Waals surface area contributed by atoms with Crippen molar-refractivity contribution in [3.63, 3.8) is 0 Å². The Hall–Kier alpha value is -2.05. The fourth-order valence-corrected chi connectivity index (χ4v) is 2.10. The molecule has 130 valence electrons. The highest BCUT2D eigenvalue weighted by Gasteiger charge is 2.11. The number of aromatic nitrogens is 2. The van der Waals surface area contributed by atoms with E-state index in [4.69, 9.17) is 21.1 Å². The summed E-state index contributed by atoms with van der Waals surface area (Å²) in [6.45, 7) is 5.29. The Morgan fingerprint density at radius 1 is 1.29 bits per heavy atom. The topological polar surface area (TPSA) is 65.4 Å². The van der Waals surface area contributed by atoms with Crippen LogP contribution in [0.2, 0.25) is 5.02 Å². The second-order valence-electron chi connectivity index (χ2n) is 5.47. The molecule has 0 bridgehead atoms. The van der Waals surface area contributed by atoms with Crippen LogP contribution in [0.15, 0.2) is 36.5 Å². The number of hydrogen-bond acceptors (Lipinski definition) is 4. The van der Waals surface area contributed by atoms with Gasteiger partial charge in [-0.05, 0) is 50.6 Å². The van der Waals surface area contributed by atoms with Gasteiger partial charge in [0.25, 0.3) is 5.91 Å². The Bertz CT molecular complexity index is 641. The number of nitrogens with one attached hydrogen (secondary N) is 1. The molecule has 0 radical (unpaired) electrons. The molecule has 1 amide bonds. The van der Waals surface area contributed by atoms with E-state index < -0.39 is 0 Å². The molecule has 2 aromatic rings. The van der Waals surface area contributed by atoms with Crippen molar-refractivity contribution in [1.29, 1.82) is 0 Å². The first-order chi connectivity index (χ1) is 11.6. The van der Waals surface area contributed by atoms with Crippen molar-refractivity contribution >= 4 is 17.5 Å². The highest BCUT2D eigenvalue weighted by Crippen LogP contribution is 2.16. The van der Waals surface area contributed by atoms with E-state index in [9.17, 15) is 4.79 Å². The summed E-state index contributed by atoms with van der Waals surface area (Å²) in [5.74, 6) is 0.476. The molecule has 0 saturated heterocycles. The third-order valence-electron chi connectivity index (χ3n) is 3.17. The second kappa shape index (κ2) is 9.30. The minimum Gasteiger partial charge on any atom is -0.471 e. The fourth-order valence-electron chi connectivity index (χ4n) is 1.98. The lowest BCUT2D eigenvalue weighted by Crippen LogP contribution is -2.28. The SMILES string of the molecule is CC(C)OCCCNC(=O)c1ccnn1COc1ccc(Cl)cc1. The van der Waals surface area contributed by atoms with Crippen LogP contribution in [0.3, 0.4) is 0 Å². The molecular weight excluding hydrogens is 330 g/mol. The largest absolute Gasteiger partial charge is 0.471 e. The Morgan fingerprint density at radius 2 is 2.04 bits per heavy atom. The van der Waals surface area contributed by atoms with Gasteiger partial charge < -0.3 is 14.8 Å². The molecular formula is C17H22ClN3O3. The first-order valence-corrected chi connectivity index (χ1v) is 8.24. The van der Waals surface area contributed by atoms with Crippen LogP contribution in [0.1, 0.15) is 30.8 Å². The van der Waals surface area contributed by atoms with Gasteiger partial charge in [-0.25, -0.2) is 4.68 Å². The molecule has 0 spiro atoms. The molecule has 7 heteroatoms. The van der Waals surface area contributed by atoms with Gasteiger partial charge in [0, 0.05) is 24.4 Å². The minimum absolute atomic E-state index is 0.147. The maximum absolute atomic E-state index is 12.2. The molecule has 6 nitrogen and oxygen atoms in total. The van der Waals surface area contributed by atoms with E-state index in [0.29, 0.717) is 29.6 Å². The molecule has 1 heterocycles. The smallest absolute Gasteiger partial charge is 0.269 e. The van der Waals surface area contributed by atoms with Crippen LogP contribution in [0.4, 0.5) is 0 Å². The predicted octanol–water partition coefficient (Wildman–Crippen LogP) is 3.12. The van der Waals surface area contributed by atoms with E-state index in [1.54, 1.807) is 36.5 Å². The lowest BCUT2D eigenvalue weighted by molar-refractivity contribution is 0.0754. The van der Waals surface area contributed by atoms with E-state index in [2.05, 4.69) is 10.4 Å². The fraction of sp³-hybridized carbons (Fsp3) is 0.412. The lowest BCUT2D eigenvalue weighted by atomic mass is 10.3. The van der Waals surface area contributed by atoms with Gasteiger partial charge in [-0.1, -0.05) is 11.6 Å². The van der Waals surface area contributed by atoms with E-state index in [1.165, 1.54) is 4.68 Å².